The maximum Gasteiger partial charge on any atom is 0.242 e. The number of aryl methyl sites for hydroxylation is 3. The Morgan fingerprint density at radius 3 is 2.20 bits per heavy atom. The molecule has 0 spiro atoms. The summed E-state index contributed by atoms with van der Waals surface area (Å²) in [5.41, 5.74) is 14.6. The number of phenols is 1. The van der Waals surface area contributed by atoms with Crippen LogP contribution in [-0.2, 0) is 22.4 Å². The molecule has 2 rings (SSSR count). The van der Waals surface area contributed by atoms with Gasteiger partial charge in [-0.15, -0.1) is 0 Å². The molecule has 30 heavy (non-hydrogen) atoms. The molecule has 2 amide bonds. The maximum absolute atomic E-state index is 13.3. The number of hydrogen-bond acceptors (Lipinski definition) is 4. The Morgan fingerprint density at radius 1 is 1.10 bits per heavy atom. The standard InChI is InChI=1S/C24H33N3O3/c1-16-13-19(28)14-17(2)20(16)15-21(25)22(29)27(24(3,4)23(26)30)12-8-11-18-9-6-5-7-10-18/h5-7,9-10,13-14,21,28H,8,11-12,15,25H2,1-4H3,(H2,26,30). The van der Waals surface area contributed by atoms with Gasteiger partial charge in [-0.1, -0.05) is 30.3 Å². The highest BCUT2D eigenvalue weighted by atomic mass is 16.3. The Hall–Kier alpha value is -2.86. The van der Waals surface area contributed by atoms with Crippen LogP contribution < -0.4 is 11.5 Å². The fraction of sp³-hybridized carbons (Fsp3) is 0.417. The average molecular weight is 412 g/mol. The highest BCUT2D eigenvalue weighted by Gasteiger charge is 2.37. The predicted molar refractivity (Wildman–Crippen MR) is 119 cm³/mol. The summed E-state index contributed by atoms with van der Waals surface area (Å²) in [6.07, 6.45) is 1.79. The van der Waals surface area contributed by atoms with Crippen LogP contribution in [0.1, 0.15) is 42.5 Å². The van der Waals surface area contributed by atoms with Crippen molar-refractivity contribution in [2.24, 2.45) is 11.5 Å². The van der Waals surface area contributed by atoms with Gasteiger partial charge in [0.25, 0.3) is 0 Å². The molecule has 0 saturated carbocycles. The summed E-state index contributed by atoms with van der Waals surface area (Å²) in [6.45, 7) is 7.44. The first kappa shape index (κ1) is 23.4. The molecule has 2 aromatic carbocycles. The Balaban J connectivity index is 2.18. The van der Waals surface area contributed by atoms with E-state index in [2.05, 4.69) is 0 Å². The van der Waals surface area contributed by atoms with E-state index in [1.807, 2.05) is 44.2 Å². The van der Waals surface area contributed by atoms with Gasteiger partial charge in [0.15, 0.2) is 0 Å². The van der Waals surface area contributed by atoms with Gasteiger partial charge in [0.2, 0.25) is 11.8 Å². The first-order valence-electron chi connectivity index (χ1n) is 10.2. The number of phenolic OH excluding ortho intramolecular Hbond substituents is 1. The van der Waals surface area contributed by atoms with E-state index < -0.39 is 17.5 Å². The van der Waals surface area contributed by atoms with Crippen molar-refractivity contribution in [2.75, 3.05) is 6.54 Å². The Kier molecular flexibility index (Phi) is 7.62. The lowest BCUT2D eigenvalue weighted by atomic mass is 9.94. The van der Waals surface area contributed by atoms with Crippen LogP contribution in [0.5, 0.6) is 5.75 Å². The van der Waals surface area contributed by atoms with Crippen molar-refractivity contribution in [2.45, 2.75) is 58.5 Å². The van der Waals surface area contributed by atoms with Gasteiger partial charge < -0.3 is 21.5 Å². The molecule has 5 N–H and O–H groups in total. The molecule has 6 heteroatoms. The van der Waals surface area contributed by atoms with Crippen molar-refractivity contribution < 1.29 is 14.7 Å². The van der Waals surface area contributed by atoms with Gasteiger partial charge in [0.05, 0.1) is 6.04 Å². The van der Waals surface area contributed by atoms with Crippen LogP contribution in [0.15, 0.2) is 42.5 Å². The van der Waals surface area contributed by atoms with Crippen LogP contribution in [-0.4, -0.2) is 39.9 Å². The number of carbonyl (C=O) groups excluding carboxylic acids is 2. The molecular formula is C24H33N3O3. The Bertz CT molecular complexity index is 871. The van der Waals surface area contributed by atoms with Crippen molar-refractivity contribution in [3.8, 4) is 5.75 Å². The number of nitrogens with zero attached hydrogens (tertiary/aromatic N) is 1. The third-order valence-electron chi connectivity index (χ3n) is 5.66. The van der Waals surface area contributed by atoms with Crippen LogP contribution in [0, 0.1) is 13.8 Å². The average Bonchev–Trinajstić information content (AvgIpc) is 2.67. The second-order valence-corrected chi connectivity index (χ2v) is 8.37. The molecule has 6 nitrogen and oxygen atoms in total. The van der Waals surface area contributed by atoms with Gasteiger partial charge in [0, 0.05) is 6.54 Å². The van der Waals surface area contributed by atoms with Gasteiger partial charge in [-0.25, -0.2) is 0 Å². The van der Waals surface area contributed by atoms with E-state index in [9.17, 15) is 14.7 Å². The predicted octanol–water partition coefficient (Wildman–Crippen LogP) is 2.60. The zero-order chi connectivity index (χ0) is 22.5. The minimum Gasteiger partial charge on any atom is -0.508 e. The molecule has 0 aromatic heterocycles. The number of aromatic hydroxyl groups is 1. The van der Waals surface area contributed by atoms with E-state index >= 15 is 0 Å². The second kappa shape index (κ2) is 9.76. The minimum absolute atomic E-state index is 0.186. The summed E-state index contributed by atoms with van der Waals surface area (Å²) in [7, 11) is 0. The summed E-state index contributed by atoms with van der Waals surface area (Å²) in [5.74, 6) is -0.690. The molecule has 0 bridgehead atoms. The van der Waals surface area contributed by atoms with E-state index in [4.69, 9.17) is 11.5 Å². The number of carbonyl (C=O) groups is 2. The summed E-state index contributed by atoms with van der Waals surface area (Å²) in [5, 5.41) is 9.75. The number of primary amides is 1. The number of benzene rings is 2. The summed E-state index contributed by atoms with van der Waals surface area (Å²) < 4.78 is 0. The second-order valence-electron chi connectivity index (χ2n) is 8.37. The first-order chi connectivity index (χ1) is 14.0. The monoisotopic (exact) mass is 411 g/mol. The lowest BCUT2D eigenvalue weighted by Gasteiger charge is -2.38. The smallest absolute Gasteiger partial charge is 0.242 e. The Morgan fingerprint density at radius 2 is 1.67 bits per heavy atom. The first-order valence-corrected chi connectivity index (χ1v) is 10.2. The van der Waals surface area contributed by atoms with Crippen molar-refractivity contribution in [1.29, 1.82) is 0 Å². The van der Waals surface area contributed by atoms with Gasteiger partial charge in [-0.3, -0.25) is 9.59 Å². The maximum atomic E-state index is 13.3. The largest absolute Gasteiger partial charge is 0.508 e. The van der Waals surface area contributed by atoms with Crippen LogP contribution >= 0.6 is 0 Å². The van der Waals surface area contributed by atoms with E-state index in [0.717, 1.165) is 23.1 Å². The van der Waals surface area contributed by atoms with Crippen molar-refractivity contribution >= 4 is 11.8 Å². The van der Waals surface area contributed by atoms with Gasteiger partial charge in [0.1, 0.15) is 11.3 Å². The molecule has 0 aliphatic carbocycles. The molecule has 162 valence electrons. The quantitative estimate of drug-likeness (QED) is 0.589. The van der Waals surface area contributed by atoms with Gasteiger partial charge in [-0.2, -0.15) is 0 Å². The minimum atomic E-state index is -1.15. The molecule has 0 radical (unpaired) electrons. The van der Waals surface area contributed by atoms with Crippen molar-refractivity contribution in [3.05, 3.63) is 64.7 Å². The topological polar surface area (TPSA) is 110 Å². The molecule has 0 saturated heterocycles. The molecule has 2 aromatic rings. The molecule has 0 heterocycles. The zero-order valence-electron chi connectivity index (χ0n) is 18.3. The van der Waals surface area contributed by atoms with Crippen LogP contribution in [0.4, 0.5) is 0 Å². The van der Waals surface area contributed by atoms with Crippen LogP contribution in [0.2, 0.25) is 0 Å². The number of amides is 2. The Labute approximate surface area is 178 Å². The molecule has 0 aliphatic rings. The van der Waals surface area contributed by atoms with Crippen LogP contribution in [0.25, 0.3) is 0 Å². The van der Waals surface area contributed by atoms with Crippen LogP contribution in [0.3, 0.4) is 0 Å². The lowest BCUT2D eigenvalue weighted by Crippen LogP contribution is -2.60. The fourth-order valence-corrected chi connectivity index (χ4v) is 3.68. The summed E-state index contributed by atoms with van der Waals surface area (Å²) >= 11 is 0. The van der Waals surface area contributed by atoms with E-state index in [0.29, 0.717) is 19.4 Å². The third kappa shape index (κ3) is 5.60. The van der Waals surface area contributed by atoms with E-state index in [1.54, 1.807) is 26.0 Å². The van der Waals surface area contributed by atoms with Crippen molar-refractivity contribution in [1.82, 2.24) is 4.90 Å². The molecule has 0 fully saturated rings. The normalized spacial score (nSPS) is 12.4. The van der Waals surface area contributed by atoms with Crippen molar-refractivity contribution in [3.63, 3.8) is 0 Å². The van der Waals surface area contributed by atoms with Gasteiger partial charge >= 0.3 is 0 Å². The van der Waals surface area contributed by atoms with E-state index in [1.165, 1.54) is 10.5 Å². The molecular weight excluding hydrogens is 378 g/mol. The molecule has 1 atom stereocenters. The number of rotatable bonds is 9. The zero-order valence-corrected chi connectivity index (χ0v) is 18.3. The summed E-state index contributed by atoms with van der Waals surface area (Å²) in [4.78, 5) is 26.9. The number of nitrogens with two attached hydrogens (primary N) is 2. The highest BCUT2D eigenvalue weighted by Crippen LogP contribution is 2.23. The summed E-state index contributed by atoms with van der Waals surface area (Å²) in [6, 6.07) is 12.5. The van der Waals surface area contributed by atoms with E-state index in [-0.39, 0.29) is 11.7 Å². The molecule has 0 aliphatic heterocycles. The number of hydrogen-bond donors (Lipinski definition) is 3. The third-order valence-corrected chi connectivity index (χ3v) is 5.66. The fourth-order valence-electron chi connectivity index (χ4n) is 3.68. The molecule has 1 unspecified atom stereocenters. The highest BCUT2D eigenvalue weighted by molar-refractivity contribution is 5.91. The van der Waals surface area contributed by atoms with Gasteiger partial charge in [-0.05, 0) is 81.3 Å². The SMILES string of the molecule is Cc1cc(O)cc(C)c1CC(N)C(=O)N(CCCc1ccccc1)C(C)(C)C(N)=O. The lowest BCUT2D eigenvalue weighted by molar-refractivity contribution is -0.145.